The fourth-order valence-electron chi connectivity index (χ4n) is 2.31. The molecule has 0 fully saturated rings. The first-order chi connectivity index (χ1) is 11.7. The van der Waals surface area contributed by atoms with Crippen LogP contribution in [0.3, 0.4) is 0 Å². The summed E-state index contributed by atoms with van der Waals surface area (Å²) in [7, 11) is 1.76. The van der Waals surface area contributed by atoms with Gasteiger partial charge in [-0.1, -0.05) is 41.9 Å². The number of anilines is 1. The Labute approximate surface area is 154 Å². The zero-order valence-corrected chi connectivity index (χ0v) is 15.6. The molecule has 1 aliphatic rings. The molecule has 0 radical (unpaired) electrons. The minimum atomic E-state index is -5.00. The Kier molecular flexibility index (Phi) is 6.48. The van der Waals surface area contributed by atoms with Crippen LogP contribution in [-0.4, -0.2) is 40.0 Å². The van der Waals surface area contributed by atoms with Gasteiger partial charge in [-0.2, -0.15) is 0 Å². The summed E-state index contributed by atoms with van der Waals surface area (Å²) in [6.45, 7) is 0.146. The molecule has 1 aliphatic heterocycles. The van der Waals surface area contributed by atoms with Crippen LogP contribution in [0.4, 0.5) is 5.69 Å². The van der Waals surface area contributed by atoms with Crippen LogP contribution >= 0.6 is 11.6 Å². The molecule has 4 N–H and O–H groups in total. The van der Waals surface area contributed by atoms with Crippen LogP contribution in [0.2, 0.25) is 5.02 Å². The Morgan fingerprint density at radius 3 is 2.28 bits per heavy atom. The number of nitrogens with zero attached hydrogens (tertiary/aromatic N) is 2. The molecular formula is C16H17ClN2O5Ti. The van der Waals surface area contributed by atoms with Gasteiger partial charge in [-0.25, -0.2) is 0 Å². The average molecular weight is 401 g/mol. The van der Waals surface area contributed by atoms with Crippen LogP contribution in [0.5, 0.6) is 0 Å². The number of likely N-dealkylation sites (N-methyl/N-ethyl adjacent to an activating group) is 1. The van der Waals surface area contributed by atoms with E-state index in [2.05, 4.69) is 4.99 Å². The normalized spacial score (nSPS) is 14.1. The zero-order valence-electron chi connectivity index (χ0n) is 13.3. The third kappa shape index (κ3) is 5.72. The molecule has 9 heteroatoms. The van der Waals surface area contributed by atoms with E-state index in [1.54, 1.807) is 18.0 Å². The number of hydrogen-bond donors (Lipinski definition) is 4. The predicted octanol–water partition coefficient (Wildman–Crippen LogP) is 0.923. The number of aliphatic imine (C=N–C) groups is 1. The van der Waals surface area contributed by atoms with Crippen LogP contribution in [-0.2, 0) is 22.9 Å². The number of rotatable bonds is 1. The van der Waals surface area contributed by atoms with E-state index in [4.69, 9.17) is 26.4 Å². The third-order valence-corrected chi connectivity index (χ3v) is 3.60. The van der Waals surface area contributed by atoms with Gasteiger partial charge in [-0.05, 0) is 18.2 Å². The van der Waals surface area contributed by atoms with Crippen molar-refractivity contribution in [2.45, 2.75) is 0 Å². The molecular weight excluding hydrogens is 384 g/mol. The van der Waals surface area contributed by atoms with Crippen molar-refractivity contribution in [2.24, 2.45) is 4.99 Å². The summed E-state index contributed by atoms with van der Waals surface area (Å²) in [4.78, 5) is 18.1. The fraction of sp³-hybridized carbons (Fsp3) is 0.125. The molecule has 1 amide bonds. The van der Waals surface area contributed by atoms with Gasteiger partial charge >= 0.3 is 32.9 Å². The summed E-state index contributed by atoms with van der Waals surface area (Å²) in [5, 5.41) is 0.634. The fourth-order valence-corrected chi connectivity index (χ4v) is 2.48. The predicted molar refractivity (Wildman–Crippen MR) is 90.7 cm³/mol. The summed E-state index contributed by atoms with van der Waals surface area (Å²) >= 11 is 1.11. The molecule has 0 unspecified atom stereocenters. The molecule has 2 aromatic rings. The first-order valence-electron chi connectivity index (χ1n) is 7.22. The van der Waals surface area contributed by atoms with Gasteiger partial charge in [0, 0.05) is 23.2 Å². The second-order valence-electron chi connectivity index (χ2n) is 5.25. The molecule has 0 spiro atoms. The van der Waals surface area contributed by atoms with Crippen molar-refractivity contribution >= 4 is 28.9 Å². The molecule has 0 saturated heterocycles. The van der Waals surface area contributed by atoms with E-state index in [-0.39, 0.29) is 12.5 Å². The SMILES string of the molecule is CN1C(=O)CN=C(c2ccccc2)c2cc(Cl)ccc21.[OH][Ti]([OH])([OH])[OH]. The quantitative estimate of drug-likeness (QED) is 0.532. The van der Waals surface area contributed by atoms with Crippen molar-refractivity contribution in [2.75, 3.05) is 18.5 Å². The molecule has 25 heavy (non-hydrogen) atoms. The van der Waals surface area contributed by atoms with Crippen LogP contribution in [0.15, 0.2) is 53.5 Å². The van der Waals surface area contributed by atoms with E-state index < -0.39 is 18.1 Å². The average Bonchev–Trinajstić information content (AvgIpc) is 2.65. The van der Waals surface area contributed by atoms with Crippen molar-refractivity contribution in [1.29, 1.82) is 0 Å². The summed E-state index contributed by atoms with van der Waals surface area (Å²) in [6, 6.07) is 15.3. The van der Waals surface area contributed by atoms with Crippen molar-refractivity contribution in [1.82, 2.24) is 0 Å². The number of benzene rings is 2. The first-order valence-corrected chi connectivity index (χ1v) is 10.4. The monoisotopic (exact) mass is 400 g/mol. The van der Waals surface area contributed by atoms with Crippen molar-refractivity contribution in [3.63, 3.8) is 0 Å². The second-order valence-corrected chi connectivity index (χ2v) is 7.56. The molecule has 0 aromatic heterocycles. The Bertz CT molecular complexity index is 787. The molecule has 7 nitrogen and oxygen atoms in total. The molecule has 3 rings (SSSR count). The van der Waals surface area contributed by atoms with E-state index in [9.17, 15) is 4.79 Å². The molecule has 132 valence electrons. The Hall–Kier alpha value is -1.58. The van der Waals surface area contributed by atoms with Gasteiger partial charge in [0.1, 0.15) is 6.54 Å². The number of benzodiazepines with no additional fused rings is 1. The van der Waals surface area contributed by atoms with Crippen LogP contribution < -0.4 is 4.90 Å². The van der Waals surface area contributed by atoms with E-state index in [0.717, 1.165) is 22.5 Å². The maximum absolute atomic E-state index is 12.0. The summed E-state index contributed by atoms with van der Waals surface area (Å²) in [6.07, 6.45) is 0. The van der Waals surface area contributed by atoms with Crippen LogP contribution in [0.25, 0.3) is 0 Å². The number of amides is 1. The van der Waals surface area contributed by atoms with Crippen molar-refractivity contribution in [3.05, 3.63) is 64.7 Å². The molecule has 2 aromatic carbocycles. The van der Waals surface area contributed by atoms with Gasteiger partial charge in [0.2, 0.25) is 5.91 Å². The summed E-state index contributed by atoms with van der Waals surface area (Å²) in [5.74, 6) is -0.0282. The molecule has 0 atom stereocenters. The van der Waals surface area contributed by atoms with E-state index in [0.29, 0.717) is 5.02 Å². The van der Waals surface area contributed by atoms with Crippen molar-refractivity contribution in [3.8, 4) is 0 Å². The van der Waals surface area contributed by atoms with Gasteiger partial charge in [-0.15, -0.1) is 0 Å². The molecule has 0 aliphatic carbocycles. The van der Waals surface area contributed by atoms with Crippen molar-refractivity contribution < 1.29 is 37.7 Å². The number of fused-ring (bicyclic) bond motifs is 1. The van der Waals surface area contributed by atoms with Crippen LogP contribution in [0, 0.1) is 0 Å². The summed E-state index contributed by atoms with van der Waals surface area (Å²) in [5.41, 5.74) is 3.51. The van der Waals surface area contributed by atoms with E-state index in [1.807, 2.05) is 42.5 Å². The first kappa shape index (κ1) is 19.7. The Morgan fingerprint density at radius 2 is 1.68 bits per heavy atom. The number of halogens is 1. The standard InChI is InChI=1S/C16H13ClN2O.4H2O.Ti/c1-19-14-8-7-12(17)9-13(14)16(18-10-15(19)20)11-5-3-2-4-6-11;;;;;/h2-9H,10H2,1H3;4*1H2;/q;;;;;+4/p-4. The van der Waals surface area contributed by atoms with Gasteiger partial charge in [-0.3, -0.25) is 9.79 Å². The molecule has 0 bridgehead atoms. The Balaban J connectivity index is 0.000000399. The van der Waals surface area contributed by atoms with Gasteiger partial charge in [0.05, 0.1) is 11.4 Å². The second kappa shape index (κ2) is 8.20. The van der Waals surface area contributed by atoms with Crippen LogP contribution in [0.1, 0.15) is 11.1 Å². The molecule has 0 saturated carbocycles. The van der Waals surface area contributed by atoms with Gasteiger partial charge in [0.15, 0.2) is 0 Å². The number of hydrogen-bond acceptors (Lipinski definition) is 6. The minimum absolute atomic E-state index is 0.0282. The van der Waals surface area contributed by atoms with Gasteiger partial charge in [0.25, 0.3) is 0 Å². The topological polar surface area (TPSA) is 114 Å². The van der Waals surface area contributed by atoms with E-state index in [1.165, 1.54) is 0 Å². The maximum atomic E-state index is 12.0. The van der Waals surface area contributed by atoms with Gasteiger partial charge < -0.3 is 4.90 Å². The number of carbonyl (C=O) groups is 1. The molecule has 1 heterocycles. The summed E-state index contributed by atoms with van der Waals surface area (Å²) < 4.78 is 29.5. The number of carbonyl (C=O) groups excluding carboxylic acids is 1. The van der Waals surface area contributed by atoms with E-state index >= 15 is 0 Å². The Morgan fingerprint density at radius 1 is 1.08 bits per heavy atom. The zero-order chi connectivity index (χ0) is 18.6. The third-order valence-electron chi connectivity index (χ3n) is 3.37.